The molecule has 1 fully saturated rings. The molecule has 0 bridgehead atoms. The van der Waals surface area contributed by atoms with Crippen molar-refractivity contribution in [1.82, 2.24) is 15.3 Å². The summed E-state index contributed by atoms with van der Waals surface area (Å²) >= 11 is 0. The molecule has 30 heavy (non-hydrogen) atoms. The van der Waals surface area contributed by atoms with Crippen LogP contribution >= 0.6 is 0 Å². The van der Waals surface area contributed by atoms with Gasteiger partial charge in [-0.3, -0.25) is 9.78 Å². The number of rotatable bonds is 8. The first kappa shape index (κ1) is 21.4. The first-order valence-corrected chi connectivity index (χ1v) is 9.84. The molecule has 0 atom stereocenters. The summed E-state index contributed by atoms with van der Waals surface area (Å²) < 4.78 is 21.5. The number of aromatic nitrogens is 2. The van der Waals surface area contributed by atoms with Gasteiger partial charge in [0, 0.05) is 12.1 Å². The van der Waals surface area contributed by atoms with Crippen molar-refractivity contribution in [3.05, 3.63) is 42.2 Å². The SMILES string of the molecule is COc1cncc(OC2CCC(NC(=O)/C=C/c3ccc(OC)c(OC)c3)CC2)n1. The molecule has 1 aliphatic carbocycles. The third-order valence-corrected chi connectivity index (χ3v) is 4.94. The van der Waals surface area contributed by atoms with E-state index in [-0.39, 0.29) is 18.1 Å². The van der Waals surface area contributed by atoms with E-state index in [4.69, 9.17) is 18.9 Å². The minimum absolute atomic E-state index is 0.0573. The minimum Gasteiger partial charge on any atom is -0.493 e. The zero-order valence-electron chi connectivity index (χ0n) is 17.5. The zero-order valence-corrected chi connectivity index (χ0v) is 17.5. The quantitative estimate of drug-likeness (QED) is 0.665. The predicted molar refractivity (Wildman–Crippen MR) is 112 cm³/mol. The highest BCUT2D eigenvalue weighted by Gasteiger charge is 2.23. The molecule has 1 N–H and O–H groups in total. The summed E-state index contributed by atoms with van der Waals surface area (Å²) in [5, 5.41) is 3.06. The second-order valence-electron chi connectivity index (χ2n) is 6.95. The topological polar surface area (TPSA) is 91.8 Å². The first-order valence-electron chi connectivity index (χ1n) is 9.84. The number of hydrogen-bond donors (Lipinski definition) is 1. The largest absolute Gasteiger partial charge is 0.493 e. The lowest BCUT2D eigenvalue weighted by molar-refractivity contribution is -0.117. The number of nitrogens with one attached hydrogen (secondary N) is 1. The standard InChI is InChI=1S/C22H27N3O5/c1-27-18-10-4-15(12-19(18)28-2)5-11-20(26)24-16-6-8-17(9-7-16)30-22-14-23-13-21(25-22)29-3/h4-5,10-14,16-17H,6-9H2,1-3H3,(H,24,26)/b11-5+. The molecule has 1 amide bonds. The van der Waals surface area contributed by atoms with Crippen molar-refractivity contribution in [2.45, 2.75) is 37.8 Å². The molecule has 1 heterocycles. The second kappa shape index (κ2) is 10.5. The van der Waals surface area contributed by atoms with Crippen molar-refractivity contribution in [3.8, 4) is 23.3 Å². The maximum atomic E-state index is 12.3. The van der Waals surface area contributed by atoms with Gasteiger partial charge in [0.25, 0.3) is 0 Å². The fourth-order valence-corrected chi connectivity index (χ4v) is 3.36. The van der Waals surface area contributed by atoms with Crippen LogP contribution in [0.3, 0.4) is 0 Å². The normalized spacial score (nSPS) is 18.6. The highest BCUT2D eigenvalue weighted by Crippen LogP contribution is 2.28. The van der Waals surface area contributed by atoms with Crippen LogP contribution < -0.4 is 24.3 Å². The molecular weight excluding hydrogens is 386 g/mol. The van der Waals surface area contributed by atoms with Gasteiger partial charge in [0.1, 0.15) is 6.10 Å². The van der Waals surface area contributed by atoms with Gasteiger partial charge in [-0.25, -0.2) is 0 Å². The van der Waals surface area contributed by atoms with Crippen LogP contribution in [-0.4, -0.2) is 49.4 Å². The van der Waals surface area contributed by atoms with E-state index in [0.717, 1.165) is 31.2 Å². The molecule has 1 saturated carbocycles. The maximum Gasteiger partial charge on any atom is 0.244 e. The third kappa shape index (κ3) is 5.85. The fourth-order valence-electron chi connectivity index (χ4n) is 3.36. The highest BCUT2D eigenvalue weighted by atomic mass is 16.5. The Balaban J connectivity index is 1.46. The van der Waals surface area contributed by atoms with Crippen LogP contribution in [0.4, 0.5) is 0 Å². The number of ether oxygens (including phenoxy) is 4. The number of carbonyl (C=O) groups is 1. The smallest absolute Gasteiger partial charge is 0.244 e. The average Bonchev–Trinajstić information content (AvgIpc) is 2.79. The Morgan fingerprint density at radius 1 is 1.00 bits per heavy atom. The van der Waals surface area contributed by atoms with Gasteiger partial charge in [0.2, 0.25) is 17.7 Å². The molecule has 0 saturated heterocycles. The number of benzene rings is 1. The summed E-state index contributed by atoms with van der Waals surface area (Å²) in [6.07, 6.45) is 9.83. The Morgan fingerprint density at radius 2 is 1.73 bits per heavy atom. The summed E-state index contributed by atoms with van der Waals surface area (Å²) in [7, 11) is 4.71. The second-order valence-corrected chi connectivity index (χ2v) is 6.95. The molecule has 0 aliphatic heterocycles. The highest BCUT2D eigenvalue weighted by molar-refractivity contribution is 5.92. The maximum absolute atomic E-state index is 12.3. The molecule has 0 unspecified atom stereocenters. The van der Waals surface area contributed by atoms with E-state index in [1.165, 1.54) is 12.3 Å². The number of hydrogen-bond acceptors (Lipinski definition) is 7. The van der Waals surface area contributed by atoms with Gasteiger partial charge in [-0.1, -0.05) is 6.07 Å². The number of nitrogens with zero attached hydrogens (tertiary/aromatic N) is 2. The van der Waals surface area contributed by atoms with Crippen LogP contribution in [0, 0.1) is 0 Å². The molecule has 0 spiro atoms. The Hall–Kier alpha value is -3.29. The molecule has 3 rings (SSSR count). The lowest BCUT2D eigenvalue weighted by Crippen LogP contribution is -2.39. The summed E-state index contributed by atoms with van der Waals surface area (Å²) in [5.74, 6) is 2.04. The molecule has 2 aromatic rings. The third-order valence-electron chi connectivity index (χ3n) is 4.94. The van der Waals surface area contributed by atoms with Gasteiger partial charge in [-0.15, -0.1) is 0 Å². The zero-order chi connectivity index (χ0) is 21.3. The van der Waals surface area contributed by atoms with Crippen molar-refractivity contribution >= 4 is 12.0 Å². The summed E-state index contributed by atoms with van der Waals surface area (Å²) in [4.78, 5) is 20.6. The van der Waals surface area contributed by atoms with Crippen LogP contribution in [-0.2, 0) is 4.79 Å². The van der Waals surface area contributed by atoms with Crippen molar-refractivity contribution in [3.63, 3.8) is 0 Å². The van der Waals surface area contributed by atoms with Gasteiger partial charge in [0.15, 0.2) is 11.5 Å². The van der Waals surface area contributed by atoms with Crippen LogP contribution in [0.25, 0.3) is 6.08 Å². The summed E-state index contributed by atoms with van der Waals surface area (Å²) in [5.41, 5.74) is 0.860. The predicted octanol–water partition coefficient (Wildman–Crippen LogP) is 3.02. The fraction of sp³-hybridized carbons (Fsp3) is 0.409. The molecule has 0 radical (unpaired) electrons. The Kier molecular flexibility index (Phi) is 7.48. The van der Waals surface area contributed by atoms with E-state index >= 15 is 0 Å². The van der Waals surface area contributed by atoms with Crippen molar-refractivity contribution in [2.24, 2.45) is 0 Å². The Bertz CT molecular complexity index is 879. The van der Waals surface area contributed by atoms with E-state index in [1.807, 2.05) is 18.2 Å². The summed E-state index contributed by atoms with van der Waals surface area (Å²) in [6, 6.07) is 5.63. The van der Waals surface area contributed by atoms with E-state index in [9.17, 15) is 4.79 Å². The monoisotopic (exact) mass is 413 g/mol. The van der Waals surface area contributed by atoms with Gasteiger partial charge in [-0.2, -0.15) is 4.98 Å². The number of carbonyl (C=O) groups excluding carboxylic acids is 1. The molecular formula is C22H27N3O5. The summed E-state index contributed by atoms with van der Waals surface area (Å²) in [6.45, 7) is 0. The van der Waals surface area contributed by atoms with Gasteiger partial charge in [-0.05, 0) is 49.5 Å². The molecule has 8 nitrogen and oxygen atoms in total. The van der Waals surface area contributed by atoms with Gasteiger partial charge in [0.05, 0.1) is 33.7 Å². The van der Waals surface area contributed by atoms with E-state index in [2.05, 4.69) is 15.3 Å². The Labute approximate surface area is 176 Å². The number of methoxy groups -OCH3 is 3. The van der Waals surface area contributed by atoms with Gasteiger partial charge >= 0.3 is 0 Å². The minimum atomic E-state index is -0.118. The number of amides is 1. The van der Waals surface area contributed by atoms with E-state index < -0.39 is 0 Å². The van der Waals surface area contributed by atoms with Gasteiger partial charge < -0.3 is 24.3 Å². The average molecular weight is 413 g/mol. The lowest BCUT2D eigenvalue weighted by Gasteiger charge is -2.28. The molecule has 1 aromatic heterocycles. The van der Waals surface area contributed by atoms with E-state index in [1.54, 1.807) is 33.6 Å². The van der Waals surface area contributed by atoms with Crippen LogP contribution in [0.15, 0.2) is 36.7 Å². The Morgan fingerprint density at radius 3 is 2.43 bits per heavy atom. The lowest BCUT2D eigenvalue weighted by atomic mass is 9.93. The first-order chi connectivity index (χ1) is 14.6. The molecule has 8 heteroatoms. The molecule has 1 aromatic carbocycles. The molecule has 1 aliphatic rings. The van der Waals surface area contributed by atoms with E-state index in [0.29, 0.717) is 23.3 Å². The molecule has 160 valence electrons. The van der Waals surface area contributed by atoms with Crippen molar-refractivity contribution in [1.29, 1.82) is 0 Å². The van der Waals surface area contributed by atoms with Crippen molar-refractivity contribution in [2.75, 3.05) is 21.3 Å². The van der Waals surface area contributed by atoms with Crippen LogP contribution in [0.2, 0.25) is 0 Å². The van der Waals surface area contributed by atoms with Crippen molar-refractivity contribution < 1.29 is 23.7 Å². The van der Waals surface area contributed by atoms with Crippen LogP contribution in [0.5, 0.6) is 23.3 Å². The van der Waals surface area contributed by atoms with Crippen LogP contribution in [0.1, 0.15) is 31.2 Å².